The molecule has 5 N–H and O–H groups in total. The van der Waals surface area contributed by atoms with E-state index in [9.17, 15) is 30.7 Å². The van der Waals surface area contributed by atoms with Crippen molar-refractivity contribution in [3.8, 4) is 0 Å². The molecule has 5 aromatic rings. The molecule has 3 aliphatic rings. The number of nitrogens with zero attached hydrogens (tertiary/aromatic N) is 2. The lowest BCUT2D eigenvalue weighted by molar-refractivity contribution is -0.438. The zero-order chi connectivity index (χ0) is 50.6. The Bertz CT molecular complexity index is 3150. The topological polar surface area (TPSA) is 179 Å². The summed E-state index contributed by atoms with van der Waals surface area (Å²) in [5.41, 5.74) is 15.8. The van der Waals surface area contributed by atoms with Crippen molar-refractivity contribution in [2.24, 2.45) is 11.7 Å². The second-order valence-electron chi connectivity index (χ2n) is 20.2. The van der Waals surface area contributed by atoms with Crippen LogP contribution in [-0.4, -0.2) is 93.0 Å². The molecule has 376 valence electrons. The summed E-state index contributed by atoms with van der Waals surface area (Å²) < 4.78 is 73.8. The highest BCUT2D eigenvalue weighted by atomic mass is 32.2. The minimum atomic E-state index is -4.09. The average molecular weight is 1000 g/mol. The van der Waals surface area contributed by atoms with Crippen LogP contribution in [-0.2, 0) is 35.8 Å². The van der Waals surface area contributed by atoms with Crippen LogP contribution in [0, 0.1) is 5.92 Å². The number of hydrogen-bond acceptors (Lipinski definition) is 8. The highest BCUT2D eigenvalue weighted by Gasteiger charge is 2.46. The molecule has 8 rings (SSSR count). The van der Waals surface area contributed by atoms with Crippen molar-refractivity contribution in [2.75, 3.05) is 55.8 Å². The number of unbranched alkanes of at least 4 members (excludes halogenated alkanes) is 2. The van der Waals surface area contributed by atoms with Crippen molar-refractivity contribution in [1.29, 1.82) is 0 Å². The molecular formula is C57H69N4O8S2+. The lowest BCUT2D eigenvalue weighted by Crippen LogP contribution is -2.28. The predicted octanol–water partition coefficient (Wildman–Crippen LogP) is 10.3. The Balaban J connectivity index is 1.20. The van der Waals surface area contributed by atoms with Crippen LogP contribution in [0.15, 0.2) is 127 Å². The predicted molar refractivity (Wildman–Crippen MR) is 287 cm³/mol. The lowest BCUT2D eigenvalue weighted by atomic mass is 9.75. The Morgan fingerprint density at radius 3 is 2.11 bits per heavy atom. The summed E-state index contributed by atoms with van der Waals surface area (Å²) in [6.45, 7) is 11.8. The van der Waals surface area contributed by atoms with Crippen LogP contribution >= 0.6 is 0 Å². The summed E-state index contributed by atoms with van der Waals surface area (Å²) in [7, 11) is -8.17. The lowest BCUT2D eigenvalue weighted by Gasteiger charge is -2.31. The highest BCUT2D eigenvalue weighted by molar-refractivity contribution is 7.86. The Morgan fingerprint density at radius 2 is 1.44 bits per heavy atom. The highest BCUT2D eigenvalue weighted by Crippen LogP contribution is 2.52. The third-order valence-corrected chi connectivity index (χ3v) is 16.2. The fourth-order valence-corrected chi connectivity index (χ4v) is 12.5. The van der Waals surface area contributed by atoms with Crippen LogP contribution in [0.5, 0.6) is 0 Å². The van der Waals surface area contributed by atoms with Gasteiger partial charge < -0.3 is 20.7 Å². The van der Waals surface area contributed by atoms with Gasteiger partial charge in [0, 0.05) is 66.1 Å². The van der Waals surface area contributed by atoms with E-state index in [0.717, 1.165) is 64.8 Å². The van der Waals surface area contributed by atoms with Gasteiger partial charge in [-0.3, -0.25) is 13.9 Å². The van der Waals surface area contributed by atoms with Gasteiger partial charge in [0.25, 0.3) is 26.1 Å². The zero-order valence-corrected chi connectivity index (χ0v) is 43.1. The Morgan fingerprint density at radius 1 is 0.789 bits per heavy atom. The first kappa shape index (κ1) is 51.9. The van der Waals surface area contributed by atoms with Gasteiger partial charge in [-0.2, -0.15) is 21.4 Å². The number of anilines is 1. The number of amides is 1. The van der Waals surface area contributed by atoms with Gasteiger partial charge in [-0.1, -0.05) is 92.7 Å². The largest absolute Gasteiger partial charge is 0.378 e. The standard InChI is InChI=1S/C57H68N4O8S2/c1-56(2)50(60(34-9-11-38-70(63,64)65)48-28-24-40-14-5-7-18-46(40)53(48)56)30-26-42-16-13-17-43(52(42)44-20-22-45(23-21-44)55(62)59-33-37-69-36-32-58)27-31-51-57(3,4)54-47-19-8-6-15-41(47)25-29-49(54)61(51)35-10-12-39-71(66,67)68/h5-8,14-15,18-26,28-31,43H,9-13,16-17,27,32-39,58H2,1-4H3,(H2-,59,62,63,64,65,66,67,68)/p+1. The molecule has 1 aliphatic carbocycles. The van der Waals surface area contributed by atoms with Crippen LogP contribution in [0.4, 0.5) is 11.4 Å². The molecule has 1 amide bonds. The molecule has 2 aliphatic heterocycles. The molecule has 1 atom stereocenters. The van der Waals surface area contributed by atoms with Gasteiger partial charge in [-0.25, -0.2) is 0 Å². The molecule has 5 aromatic carbocycles. The molecule has 0 saturated heterocycles. The molecule has 12 nitrogen and oxygen atoms in total. The molecule has 0 radical (unpaired) electrons. The van der Waals surface area contributed by atoms with Crippen molar-refractivity contribution >= 4 is 70.3 Å². The average Bonchev–Trinajstić information content (AvgIpc) is 3.69. The van der Waals surface area contributed by atoms with E-state index in [-0.39, 0.29) is 28.7 Å². The van der Waals surface area contributed by atoms with Gasteiger partial charge in [0.05, 0.1) is 30.1 Å². The third-order valence-electron chi connectivity index (χ3n) is 14.6. The normalized spacial score (nSPS) is 18.3. The molecule has 71 heavy (non-hydrogen) atoms. The fourth-order valence-electron chi connectivity index (χ4n) is 11.4. The summed E-state index contributed by atoms with van der Waals surface area (Å²) in [6, 6.07) is 33.5. The van der Waals surface area contributed by atoms with E-state index in [2.05, 4.69) is 146 Å². The molecule has 0 aromatic heterocycles. The van der Waals surface area contributed by atoms with Crippen molar-refractivity contribution in [3.05, 3.63) is 149 Å². The van der Waals surface area contributed by atoms with E-state index in [1.165, 1.54) is 33.0 Å². The van der Waals surface area contributed by atoms with E-state index >= 15 is 0 Å². The first-order chi connectivity index (χ1) is 33.9. The summed E-state index contributed by atoms with van der Waals surface area (Å²) in [5, 5.41) is 7.64. The van der Waals surface area contributed by atoms with E-state index in [1.54, 1.807) is 0 Å². The maximum atomic E-state index is 13.3. The zero-order valence-electron chi connectivity index (χ0n) is 41.5. The van der Waals surface area contributed by atoms with E-state index < -0.39 is 25.7 Å². The number of carbonyl (C=O) groups excluding carboxylic acids is 1. The van der Waals surface area contributed by atoms with E-state index in [0.29, 0.717) is 70.6 Å². The van der Waals surface area contributed by atoms with Gasteiger partial charge in [-0.05, 0) is 133 Å². The van der Waals surface area contributed by atoms with Crippen LogP contribution in [0.25, 0.3) is 27.1 Å². The number of hydrogen-bond donors (Lipinski definition) is 4. The fraction of sp³-hybridized carbons (Fsp3) is 0.404. The number of nitrogens with one attached hydrogen (secondary N) is 1. The van der Waals surface area contributed by atoms with Crippen molar-refractivity contribution in [1.82, 2.24) is 5.32 Å². The van der Waals surface area contributed by atoms with E-state index in [1.807, 2.05) is 12.1 Å². The summed E-state index contributed by atoms with van der Waals surface area (Å²) in [4.78, 5) is 15.7. The van der Waals surface area contributed by atoms with Crippen molar-refractivity contribution < 1.29 is 40.0 Å². The van der Waals surface area contributed by atoms with Crippen LogP contribution in [0.2, 0.25) is 0 Å². The van der Waals surface area contributed by atoms with Crippen molar-refractivity contribution in [3.63, 3.8) is 0 Å². The maximum Gasteiger partial charge on any atom is 0.264 e. The number of benzene rings is 5. The minimum absolute atomic E-state index is 0.118. The van der Waals surface area contributed by atoms with Gasteiger partial charge in [0.15, 0.2) is 5.71 Å². The maximum absolute atomic E-state index is 13.3. The number of rotatable bonds is 21. The molecule has 2 heterocycles. The number of nitrogens with two attached hydrogens (primary N) is 1. The molecule has 1 unspecified atom stereocenters. The second kappa shape index (κ2) is 21.7. The third kappa shape index (κ3) is 11.6. The first-order valence-electron chi connectivity index (χ1n) is 25.0. The molecule has 0 bridgehead atoms. The van der Waals surface area contributed by atoms with Gasteiger partial charge in [0.1, 0.15) is 6.54 Å². The number of allylic oxidation sites excluding steroid dienone is 6. The smallest absolute Gasteiger partial charge is 0.264 e. The van der Waals surface area contributed by atoms with Crippen molar-refractivity contribution in [2.45, 2.75) is 89.9 Å². The van der Waals surface area contributed by atoms with Gasteiger partial charge >= 0.3 is 0 Å². The van der Waals surface area contributed by atoms with E-state index in [4.69, 9.17) is 10.5 Å². The number of fused-ring (bicyclic) bond motifs is 6. The molecule has 0 fully saturated rings. The number of carbonyl (C=O) groups is 1. The quantitative estimate of drug-likeness (QED) is 0.0314. The van der Waals surface area contributed by atoms with Gasteiger partial charge in [0.2, 0.25) is 5.69 Å². The summed E-state index contributed by atoms with van der Waals surface area (Å²) in [5.74, 6) is -0.632. The Hall–Kier alpha value is -5.48. The minimum Gasteiger partial charge on any atom is -0.378 e. The first-order valence-corrected chi connectivity index (χ1v) is 28.3. The monoisotopic (exact) mass is 1000 g/mol. The van der Waals surface area contributed by atoms with Crippen LogP contribution < -0.4 is 16.0 Å². The molecular weight excluding hydrogens is 933 g/mol. The summed E-state index contributed by atoms with van der Waals surface area (Å²) >= 11 is 0. The molecule has 0 spiro atoms. The molecule has 0 saturated carbocycles. The molecule has 14 heteroatoms. The summed E-state index contributed by atoms with van der Waals surface area (Å²) in [6.07, 6.45) is 12.3. The van der Waals surface area contributed by atoms with Crippen LogP contribution in [0.1, 0.15) is 106 Å². The Labute approximate surface area is 419 Å². The van der Waals surface area contributed by atoms with Gasteiger partial charge in [-0.15, -0.1) is 0 Å². The van der Waals surface area contributed by atoms with Crippen LogP contribution in [0.3, 0.4) is 0 Å². The second-order valence-corrected chi connectivity index (χ2v) is 23.4. The SMILES string of the molecule is CC1(C)C(=CCC2CCCC(C=CC3=[N+](CCCCS(=O)(=O)O)c4ccc5ccccc5c4C3(C)C)=C2c2ccc(C(=O)NCCOCCN)cc2)N(CCCCS(=O)(=O)O)c2ccc3ccccc3c21. The number of ether oxygens (including phenoxy) is 1. The Kier molecular flexibility index (Phi) is 15.9.